The lowest BCUT2D eigenvalue weighted by molar-refractivity contribution is 0.499. The monoisotopic (exact) mass is 314 g/mol. The molecule has 1 unspecified atom stereocenters. The lowest BCUT2D eigenvalue weighted by Crippen LogP contribution is -2.36. The van der Waals surface area contributed by atoms with Crippen molar-refractivity contribution in [1.29, 1.82) is 0 Å². The molecule has 100 valence electrons. The molecule has 18 heavy (non-hydrogen) atoms. The van der Waals surface area contributed by atoms with Gasteiger partial charge in [-0.3, -0.25) is 4.79 Å². The molecule has 2 heterocycles. The molecule has 5 nitrogen and oxygen atoms in total. The van der Waals surface area contributed by atoms with E-state index in [9.17, 15) is 4.79 Å². The molecule has 6 heteroatoms. The summed E-state index contributed by atoms with van der Waals surface area (Å²) in [5.74, 6) is 0. The van der Waals surface area contributed by atoms with Crippen LogP contribution in [0, 0.1) is 0 Å². The second kappa shape index (κ2) is 5.40. The number of rotatable bonds is 3. The number of likely N-dealkylation sites (N-methyl/N-ethyl adjacent to an activating group) is 1. The van der Waals surface area contributed by atoms with Crippen molar-refractivity contribution in [1.82, 2.24) is 15.1 Å². The maximum absolute atomic E-state index is 12.2. The Morgan fingerprint density at radius 3 is 2.89 bits per heavy atom. The van der Waals surface area contributed by atoms with Gasteiger partial charge in [-0.2, -0.15) is 5.10 Å². The summed E-state index contributed by atoms with van der Waals surface area (Å²) in [6, 6.07) is 0.499. The van der Waals surface area contributed by atoms with Crippen LogP contribution in [0.1, 0.15) is 26.3 Å². The van der Waals surface area contributed by atoms with E-state index in [1.807, 2.05) is 20.9 Å². The Morgan fingerprint density at radius 2 is 2.33 bits per heavy atom. The highest BCUT2D eigenvalue weighted by molar-refractivity contribution is 9.10. The summed E-state index contributed by atoms with van der Waals surface area (Å²) < 4.78 is 2.09. The number of aromatic nitrogens is 2. The van der Waals surface area contributed by atoms with Crippen LogP contribution < -0.4 is 15.8 Å². The highest BCUT2D eigenvalue weighted by Gasteiger charge is 2.22. The first-order valence-corrected chi connectivity index (χ1v) is 7.02. The number of anilines is 1. The van der Waals surface area contributed by atoms with Gasteiger partial charge in [-0.25, -0.2) is 4.68 Å². The van der Waals surface area contributed by atoms with E-state index in [-0.39, 0.29) is 11.6 Å². The Morgan fingerprint density at radius 1 is 1.61 bits per heavy atom. The molecule has 0 bridgehead atoms. The third-order valence-electron chi connectivity index (χ3n) is 3.38. The molecule has 1 aromatic rings. The van der Waals surface area contributed by atoms with E-state index < -0.39 is 0 Å². The predicted molar refractivity (Wildman–Crippen MR) is 76.3 cm³/mol. The topological polar surface area (TPSA) is 50.2 Å². The Labute approximate surface area is 115 Å². The second-order valence-corrected chi connectivity index (χ2v) is 5.74. The number of nitrogens with one attached hydrogen (secondary N) is 1. The fourth-order valence-electron chi connectivity index (χ4n) is 2.22. The highest BCUT2D eigenvalue weighted by Crippen LogP contribution is 2.24. The summed E-state index contributed by atoms with van der Waals surface area (Å²) in [5.41, 5.74) is 0.797. The molecule has 1 N–H and O–H groups in total. The zero-order valence-electron chi connectivity index (χ0n) is 11.0. The van der Waals surface area contributed by atoms with Crippen LogP contribution in [0.5, 0.6) is 0 Å². The van der Waals surface area contributed by atoms with E-state index in [4.69, 9.17) is 0 Å². The molecule has 1 fully saturated rings. The van der Waals surface area contributed by atoms with E-state index in [1.54, 1.807) is 6.20 Å². The number of hydrogen-bond acceptors (Lipinski definition) is 4. The Bertz CT molecular complexity index is 479. The van der Waals surface area contributed by atoms with E-state index in [1.165, 1.54) is 4.68 Å². The first-order chi connectivity index (χ1) is 8.52. The minimum Gasteiger partial charge on any atom is -0.368 e. The van der Waals surface area contributed by atoms with Gasteiger partial charge in [-0.1, -0.05) is 0 Å². The molecule has 2 rings (SSSR count). The van der Waals surface area contributed by atoms with Crippen molar-refractivity contribution in [2.24, 2.45) is 0 Å². The van der Waals surface area contributed by atoms with E-state index >= 15 is 0 Å². The van der Waals surface area contributed by atoms with Gasteiger partial charge >= 0.3 is 0 Å². The first kappa shape index (κ1) is 13.5. The smallest absolute Gasteiger partial charge is 0.283 e. The van der Waals surface area contributed by atoms with Gasteiger partial charge in [0.1, 0.15) is 4.47 Å². The summed E-state index contributed by atoms with van der Waals surface area (Å²) in [7, 11) is 2.01. The van der Waals surface area contributed by atoms with Crippen molar-refractivity contribution >= 4 is 21.6 Å². The number of halogens is 1. The van der Waals surface area contributed by atoms with Gasteiger partial charge in [-0.05, 0) is 42.7 Å². The van der Waals surface area contributed by atoms with Crippen molar-refractivity contribution in [3.63, 3.8) is 0 Å². The second-order valence-electron chi connectivity index (χ2n) is 4.94. The SMILES string of the molecule is CC(C)n1ncc(N(C)C2CCNC2)c(Br)c1=O. The minimum atomic E-state index is -0.0692. The zero-order valence-corrected chi connectivity index (χ0v) is 12.6. The standard InChI is InChI=1S/C12H19BrN4O/c1-8(2)17-12(18)11(13)10(7-15-17)16(3)9-4-5-14-6-9/h7-9,14H,4-6H2,1-3H3. The van der Waals surface area contributed by atoms with Crippen LogP contribution in [0.3, 0.4) is 0 Å². The Kier molecular flexibility index (Phi) is 4.07. The molecule has 0 radical (unpaired) electrons. The third kappa shape index (κ3) is 2.44. The van der Waals surface area contributed by atoms with Gasteiger partial charge in [0.2, 0.25) is 0 Å². The summed E-state index contributed by atoms with van der Waals surface area (Å²) in [5, 5.41) is 7.57. The Balaban J connectivity index is 2.34. The van der Waals surface area contributed by atoms with Crippen molar-refractivity contribution in [2.75, 3.05) is 25.0 Å². The average molecular weight is 315 g/mol. The van der Waals surface area contributed by atoms with Gasteiger partial charge < -0.3 is 10.2 Å². The molecule has 0 aliphatic carbocycles. The summed E-state index contributed by atoms with van der Waals surface area (Å²) >= 11 is 3.41. The van der Waals surface area contributed by atoms with Crippen LogP contribution >= 0.6 is 15.9 Å². The van der Waals surface area contributed by atoms with Crippen molar-refractivity contribution in [2.45, 2.75) is 32.4 Å². The summed E-state index contributed by atoms with van der Waals surface area (Å²) in [4.78, 5) is 14.3. The first-order valence-electron chi connectivity index (χ1n) is 6.23. The third-order valence-corrected chi connectivity index (χ3v) is 4.12. The molecule has 1 aliphatic heterocycles. The normalized spacial score (nSPS) is 19.5. The van der Waals surface area contributed by atoms with E-state index in [2.05, 4.69) is 31.2 Å². The number of nitrogens with zero attached hydrogens (tertiary/aromatic N) is 3. The van der Waals surface area contributed by atoms with Crippen LogP contribution in [0.25, 0.3) is 0 Å². The summed E-state index contributed by atoms with van der Waals surface area (Å²) in [6.45, 7) is 5.88. The van der Waals surface area contributed by atoms with Crippen molar-refractivity contribution in [3.05, 3.63) is 21.0 Å². The highest BCUT2D eigenvalue weighted by atomic mass is 79.9. The predicted octanol–water partition coefficient (Wildman–Crippen LogP) is 1.38. The molecular formula is C12H19BrN4O. The van der Waals surface area contributed by atoms with Crippen LogP contribution in [0.4, 0.5) is 5.69 Å². The Hall–Kier alpha value is -0.880. The van der Waals surface area contributed by atoms with Crippen LogP contribution in [-0.2, 0) is 0 Å². The quantitative estimate of drug-likeness (QED) is 0.916. The molecule has 0 aromatic carbocycles. The fourth-order valence-corrected chi connectivity index (χ4v) is 2.78. The molecular weight excluding hydrogens is 296 g/mol. The molecule has 1 aliphatic rings. The minimum absolute atomic E-state index is 0.0692. The maximum Gasteiger partial charge on any atom is 0.283 e. The van der Waals surface area contributed by atoms with E-state index in [0.29, 0.717) is 10.5 Å². The molecule has 0 saturated carbocycles. The zero-order chi connectivity index (χ0) is 13.3. The van der Waals surface area contributed by atoms with Crippen molar-refractivity contribution in [3.8, 4) is 0 Å². The molecule has 1 aromatic heterocycles. The lowest BCUT2D eigenvalue weighted by atomic mass is 10.2. The average Bonchev–Trinajstić information content (AvgIpc) is 2.85. The fraction of sp³-hybridized carbons (Fsp3) is 0.667. The molecule has 1 saturated heterocycles. The van der Waals surface area contributed by atoms with Gasteiger partial charge in [0.15, 0.2) is 0 Å². The van der Waals surface area contributed by atoms with E-state index in [0.717, 1.165) is 25.2 Å². The maximum atomic E-state index is 12.2. The van der Waals surface area contributed by atoms with Gasteiger partial charge in [-0.15, -0.1) is 0 Å². The lowest BCUT2D eigenvalue weighted by Gasteiger charge is -2.26. The molecule has 0 spiro atoms. The van der Waals surface area contributed by atoms with Crippen LogP contribution in [-0.4, -0.2) is 36.0 Å². The van der Waals surface area contributed by atoms with Gasteiger partial charge in [0.05, 0.1) is 17.9 Å². The van der Waals surface area contributed by atoms with Crippen LogP contribution in [0.15, 0.2) is 15.5 Å². The summed E-state index contributed by atoms with van der Waals surface area (Å²) in [6.07, 6.45) is 2.86. The van der Waals surface area contributed by atoms with Gasteiger partial charge in [0, 0.05) is 19.6 Å². The number of hydrogen-bond donors (Lipinski definition) is 1. The van der Waals surface area contributed by atoms with Crippen molar-refractivity contribution < 1.29 is 0 Å². The molecule has 0 amide bonds. The largest absolute Gasteiger partial charge is 0.368 e. The van der Waals surface area contributed by atoms with Crippen LogP contribution in [0.2, 0.25) is 0 Å². The molecule has 1 atom stereocenters. The van der Waals surface area contributed by atoms with Gasteiger partial charge in [0.25, 0.3) is 5.56 Å².